The summed E-state index contributed by atoms with van der Waals surface area (Å²) in [6.45, 7) is 2.14. The van der Waals surface area contributed by atoms with Gasteiger partial charge in [0.15, 0.2) is 11.5 Å². The number of carbonyl (C=O) groups excluding carboxylic acids is 3. The van der Waals surface area contributed by atoms with E-state index in [1.165, 1.54) is 5.56 Å². The molecule has 0 aliphatic heterocycles. The van der Waals surface area contributed by atoms with Crippen LogP contribution in [0.1, 0.15) is 116 Å². The van der Waals surface area contributed by atoms with Gasteiger partial charge >= 0.3 is 5.97 Å². The van der Waals surface area contributed by atoms with Gasteiger partial charge in [-0.05, 0) is 100 Å². The monoisotopic (exact) mass is 676 g/mol. The van der Waals surface area contributed by atoms with E-state index in [2.05, 4.69) is 79.8 Å². The lowest BCUT2D eigenvalue weighted by atomic mass is 9.72. The molecule has 0 bridgehead atoms. The van der Waals surface area contributed by atoms with Gasteiger partial charge in [0.05, 0.1) is 5.57 Å². The average Bonchev–Trinajstić information content (AvgIpc) is 3.12. The van der Waals surface area contributed by atoms with E-state index in [9.17, 15) is 14.4 Å². The second kappa shape index (κ2) is 20.9. The highest BCUT2D eigenvalue weighted by molar-refractivity contribution is 6.30. The number of hydrogen-bond acceptors (Lipinski definition) is 4. The summed E-state index contributed by atoms with van der Waals surface area (Å²) in [7, 11) is 0. The van der Waals surface area contributed by atoms with Crippen LogP contribution >= 0.6 is 11.6 Å². The van der Waals surface area contributed by atoms with Crippen molar-refractivity contribution >= 4 is 29.1 Å². The Morgan fingerprint density at radius 3 is 1.65 bits per heavy atom. The third kappa shape index (κ3) is 12.0. The van der Waals surface area contributed by atoms with Gasteiger partial charge in [-0.2, -0.15) is 0 Å². The predicted octanol–water partition coefficient (Wildman–Crippen LogP) is 12.0. The molecule has 2 aromatic carbocycles. The molecule has 1 saturated carbocycles. The van der Waals surface area contributed by atoms with Crippen LogP contribution in [0.3, 0.4) is 0 Å². The minimum absolute atomic E-state index is 0.0774. The van der Waals surface area contributed by atoms with E-state index in [0.29, 0.717) is 34.1 Å². The molecule has 5 heteroatoms. The maximum Gasteiger partial charge on any atom is 0.311 e. The summed E-state index contributed by atoms with van der Waals surface area (Å²) in [6, 6.07) is 14.7. The Balaban J connectivity index is 1.22. The second-order valence-electron chi connectivity index (χ2n) is 12.5. The van der Waals surface area contributed by atoms with Crippen LogP contribution in [-0.2, 0) is 9.53 Å². The molecule has 0 heterocycles. The summed E-state index contributed by atoms with van der Waals surface area (Å²) in [5, 5.41) is 0.708. The first-order valence-electron chi connectivity index (χ1n) is 17.8. The number of ether oxygens (including phenoxy) is 1. The fourth-order valence-electron chi connectivity index (χ4n) is 6.30. The molecule has 0 amide bonds. The van der Waals surface area contributed by atoms with Crippen molar-refractivity contribution in [1.29, 1.82) is 0 Å². The Morgan fingerprint density at radius 1 is 0.653 bits per heavy atom. The zero-order valence-corrected chi connectivity index (χ0v) is 29.5. The fraction of sp³-hybridized carbons (Fsp3) is 0.341. The summed E-state index contributed by atoms with van der Waals surface area (Å²) < 4.78 is 5.75. The number of ketones is 2. The third-order valence-electron chi connectivity index (χ3n) is 8.92. The van der Waals surface area contributed by atoms with Crippen molar-refractivity contribution in [2.45, 2.75) is 89.9 Å². The van der Waals surface area contributed by atoms with Crippen LogP contribution in [0.5, 0.6) is 0 Å². The molecule has 0 atom stereocenters. The number of hydrogen-bond donors (Lipinski definition) is 0. The summed E-state index contributed by atoms with van der Waals surface area (Å²) >= 11 is 6.08. The van der Waals surface area contributed by atoms with Gasteiger partial charge in [-0.15, -0.1) is 0 Å². The first-order valence-corrected chi connectivity index (χ1v) is 18.2. The molecule has 0 unspecified atom stereocenters. The molecule has 49 heavy (non-hydrogen) atoms. The Kier molecular flexibility index (Phi) is 16.0. The summed E-state index contributed by atoms with van der Waals surface area (Å²) in [4.78, 5) is 40.3. The van der Waals surface area contributed by atoms with Crippen molar-refractivity contribution < 1.29 is 19.1 Å². The van der Waals surface area contributed by atoms with Crippen molar-refractivity contribution in [3.05, 3.63) is 154 Å². The predicted molar refractivity (Wildman–Crippen MR) is 202 cm³/mol. The van der Waals surface area contributed by atoms with Crippen molar-refractivity contribution in [3.63, 3.8) is 0 Å². The Morgan fingerprint density at radius 2 is 1.12 bits per heavy atom. The number of carbonyl (C=O) groups is 3. The lowest BCUT2D eigenvalue weighted by Gasteiger charge is -2.32. The number of benzene rings is 2. The van der Waals surface area contributed by atoms with Gasteiger partial charge in [0.1, 0.15) is 0 Å². The molecule has 1 fully saturated rings. The maximum atomic E-state index is 13.7. The minimum Gasteiger partial charge on any atom is -0.422 e. The number of Topliss-reactive ketones (excluding diaryl/α,β-unsaturated/α-hetero) is 2. The van der Waals surface area contributed by atoms with Crippen LogP contribution in [-0.4, -0.2) is 17.5 Å². The molecule has 2 aliphatic rings. The van der Waals surface area contributed by atoms with Gasteiger partial charge in [0.25, 0.3) is 0 Å². The number of allylic oxidation sites excluding steroid dienone is 14. The number of halogens is 1. The van der Waals surface area contributed by atoms with Gasteiger partial charge < -0.3 is 4.74 Å². The van der Waals surface area contributed by atoms with Crippen molar-refractivity contribution in [2.75, 3.05) is 0 Å². The van der Waals surface area contributed by atoms with E-state index in [-0.39, 0.29) is 29.7 Å². The van der Waals surface area contributed by atoms with Crippen LogP contribution in [0.15, 0.2) is 133 Å². The molecule has 2 aromatic rings. The zero-order valence-electron chi connectivity index (χ0n) is 28.7. The van der Waals surface area contributed by atoms with Crippen molar-refractivity contribution in [2.24, 2.45) is 5.92 Å². The smallest absolute Gasteiger partial charge is 0.311 e. The fourth-order valence-corrected chi connectivity index (χ4v) is 6.43. The van der Waals surface area contributed by atoms with Crippen LogP contribution in [0.2, 0.25) is 5.02 Å². The van der Waals surface area contributed by atoms with E-state index < -0.39 is 5.97 Å². The first kappa shape index (κ1) is 37.5. The highest BCUT2D eigenvalue weighted by atomic mass is 35.5. The number of fused-ring (bicyclic) bond motifs is 1. The molecule has 0 saturated heterocycles. The lowest BCUT2D eigenvalue weighted by Crippen LogP contribution is -2.30. The topological polar surface area (TPSA) is 60.4 Å². The lowest BCUT2D eigenvalue weighted by molar-refractivity contribution is -0.139. The summed E-state index contributed by atoms with van der Waals surface area (Å²) in [6.07, 6.45) is 35.2. The van der Waals surface area contributed by atoms with Crippen LogP contribution in [0, 0.1) is 5.92 Å². The highest BCUT2D eigenvalue weighted by Crippen LogP contribution is 2.42. The minimum atomic E-state index is -0.498. The molecule has 4 rings (SSSR count). The largest absolute Gasteiger partial charge is 0.422 e. The van der Waals surface area contributed by atoms with E-state index in [4.69, 9.17) is 16.3 Å². The van der Waals surface area contributed by atoms with E-state index >= 15 is 0 Å². The Bertz CT molecular complexity index is 1610. The summed E-state index contributed by atoms with van der Waals surface area (Å²) in [5.74, 6) is -0.936. The van der Waals surface area contributed by atoms with Crippen molar-refractivity contribution in [1.82, 2.24) is 0 Å². The molecular formula is C44H49ClO4. The van der Waals surface area contributed by atoms with E-state index in [1.807, 2.05) is 24.3 Å². The van der Waals surface area contributed by atoms with E-state index in [0.717, 1.165) is 64.2 Å². The quantitative estimate of drug-likeness (QED) is 0.124. The van der Waals surface area contributed by atoms with Gasteiger partial charge in [-0.3, -0.25) is 14.4 Å². The molecule has 0 spiro atoms. The van der Waals surface area contributed by atoms with Gasteiger partial charge in [-0.1, -0.05) is 128 Å². The molecule has 0 N–H and O–H groups in total. The molecule has 0 radical (unpaired) electrons. The Labute approximate surface area is 297 Å². The number of rotatable bonds is 17. The SMILES string of the molecule is CC/C=C\C/C=C\C/C=C\C/C=C\C/C=C\C/C=C\CCC(=O)OC1=C([C@H]2CC[C@H](c3ccc(Cl)cc3)CC2)C(=O)c2ccccc2C1=O. The van der Waals surface area contributed by atoms with Gasteiger partial charge in [0.2, 0.25) is 5.78 Å². The summed E-state index contributed by atoms with van der Waals surface area (Å²) in [5.41, 5.74) is 2.28. The van der Waals surface area contributed by atoms with Crippen molar-refractivity contribution in [3.8, 4) is 0 Å². The molecule has 2 aliphatic carbocycles. The zero-order chi connectivity index (χ0) is 34.7. The van der Waals surface area contributed by atoms with Gasteiger partial charge in [0, 0.05) is 22.6 Å². The molecule has 0 aromatic heterocycles. The third-order valence-corrected chi connectivity index (χ3v) is 9.17. The highest BCUT2D eigenvalue weighted by Gasteiger charge is 2.39. The first-order chi connectivity index (χ1) is 24.0. The second-order valence-corrected chi connectivity index (χ2v) is 12.9. The number of esters is 1. The van der Waals surface area contributed by atoms with Crippen LogP contribution in [0.4, 0.5) is 0 Å². The van der Waals surface area contributed by atoms with Crippen LogP contribution in [0.25, 0.3) is 0 Å². The maximum absolute atomic E-state index is 13.7. The standard InChI is InChI=1S/C44H49ClO4/c1-2-3-4-5-6-7-8-9-10-11-12-13-14-15-16-17-18-19-20-25-40(46)49-44-41(42(47)38-23-21-22-24-39(38)43(44)48)36-28-26-34(27-29-36)35-30-32-37(45)33-31-35/h3-4,6-7,9-10,12-13,15-16,18-19,21-24,30-34,36H,2,5,8,11,14,17,20,25-29H2,1H3/b4-3-,7-6-,10-9-,13-12-,16-15-,19-18-/t34-,36-. The molecular weight excluding hydrogens is 628 g/mol. The molecule has 4 nitrogen and oxygen atoms in total. The van der Waals surface area contributed by atoms with Gasteiger partial charge in [-0.25, -0.2) is 0 Å². The van der Waals surface area contributed by atoms with Crippen LogP contribution < -0.4 is 0 Å². The normalized spacial score (nSPS) is 18.7. The Hall–Kier alpha value is -4.28. The van der Waals surface area contributed by atoms with E-state index in [1.54, 1.807) is 24.3 Å². The average molecular weight is 677 g/mol. The molecule has 256 valence electrons.